The first-order valence-corrected chi connectivity index (χ1v) is 9.79. The van der Waals surface area contributed by atoms with Crippen LogP contribution in [0.1, 0.15) is 15.9 Å². The summed E-state index contributed by atoms with van der Waals surface area (Å²) in [6, 6.07) is 8.35. The van der Waals surface area contributed by atoms with Crippen LogP contribution >= 0.6 is 12.2 Å². The number of fused-ring (bicyclic) bond motifs is 1. The number of aromatic amines is 1. The van der Waals surface area contributed by atoms with E-state index in [0.29, 0.717) is 40.3 Å². The van der Waals surface area contributed by atoms with Crippen LogP contribution in [0.25, 0.3) is 10.9 Å². The minimum absolute atomic E-state index is 0.233. The summed E-state index contributed by atoms with van der Waals surface area (Å²) in [6.07, 6.45) is 1.60. The first-order chi connectivity index (χ1) is 14.9. The van der Waals surface area contributed by atoms with Crippen molar-refractivity contribution in [1.29, 1.82) is 0 Å². The molecule has 0 fully saturated rings. The highest BCUT2D eigenvalue weighted by atomic mass is 32.1. The Hall–Kier alpha value is -3.59. The third-order valence-corrected chi connectivity index (χ3v) is 5.06. The SMILES string of the molecule is C=CCn1c(=S)[nH]c2cc(C(=O)NCc3cc(OC)c(OC)c(OC)c3)ccc2c1=O. The van der Waals surface area contributed by atoms with Gasteiger partial charge in [-0.3, -0.25) is 14.2 Å². The third kappa shape index (κ3) is 4.46. The van der Waals surface area contributed by atoms with Crippen LogP contribution in [0, 0.1) is 4.77 Å². The molecule has 0 radical (unpaired) electrons. The summed E-state index contributed by atoms with van der Waals surface area (Å²) >= 11 is 5.25. The first kappa shape index (κ1) is 22.1. The van der Waals surface area contributed by atoms with E-state index in [4.69, 9.17) is 26.4 Å². The summed E-state index contributed by atoms with van der Waals surface area (Å²) in [6.45, 7) is 4.18. The molecule has 9 heteroatoms. The number of rotatable bonds is 8. The van der Waals surface area contributed by atoms with E-state index in [1.54, 1.807) is 36.4 Å². The number of carbonyl (C=O) groups excluding carboxylic acids is 1. The fourth-order valence-corrected chi connectivity index (χ4v) is 3.48. The second kappa shape index (κ2) is 9.48. The van der Waals surface area contributed by atoms with Gasteiger partial charge in [0, 0.05) is 18.7 Å². The lowest BCUT2D eigenvalue weighted by Crippen LogP contribution is -2.24. The predicted molar refractivity (Wildman–Crippen MR) is 121 cm³/mol. The molecule has 8 nitrogen and oxygen atoms in total. The molecule has 0 aliphatic carbocycles. The lowest BCUT2D eigenvalue weighted by atomic mass is 10.1. The van der Waals surface area contributed by atoms with Gasteiger partial charge in [0.25, 0.3) is 11.5 Å². The lowest BCUT2D eigenvalue weighted by Gasteiger charge is -2.14. The Morgan fingerprint density at radius 2 is 1.84 bits per heavy atom. The smallest absolute Gasteiger partial charge is 0.262 e. The van der Waals surface area contributed by atoms with E-state index in [9.17, 15) is 9.59 Å². The number of amides is 1. The number of allylic oxidation sites excluding steroid dienone is 1. The highest BCUT2D eigenvalue weighted by molar-refractivity contribution is 7.71. The van der Waals surface area contributed by atoms with Crippen LogP contribution in [-0.2, 0) is 13.1 Å². The van der Waals surface area contributed by atoms with Crippen molar-refractivity contribution in [3.63, 3.8) is 0 Å². The van der Waals surface area contributed by atoms with Crippen molar-refractivity contribution in [2.24, 2.45) is 0 Å². The maximum atomic E-state index is 12.7. The molecule has 1 aromatic heterocycles. The van der Waals surface area contributed by atoms with Crippen molar-refractivity contribution in [3.05, 3.63) is 69.2 Å². The van der Waals surface area contributed by atoms with E-state index in [1.165, 1.54) is 25.9 Å². The minimum atomic E-state index is -0.301. The summed E-state index contributed by atoms with van der Waals surface area (Å²) in [5, 5.41) is 3.29. The topological polar surface area (TPSA) is 94.6 Å². The zero-order valence-electron chi connectivity index (χ0n) is 17.5. The van der Waals surface area contributed by atoms with Gasteiger partial charge in [-0.2, -0.15) is 0 Å². The Kier molecular flexibility index (Phi) is 6.76. The molecular formula is C22H23N3O5S. The molecule has 31 heavy (non-hydrogen) atoms. The average Bonchev–Trinajstić information content (AvgIpc) is 2.78. The van der Waals surface area contributed by atoms with Crippen LogP contribution in [0.4, 0.5) is 0 Å². The Morgan fingerprint density at radius 1 is 1.16 bits per heavy atom. The zero-order valence-corrected chi connectivity index (χ0v) is 18.3. The Labute approximate surface area is 184 Å². The van der Waals surface area contributed by atoms with Gasteiger partial charge in [-0.1, -0.05) is 6.08 Å². The Bertz CT molecular complexity index is 1240. The summed E-state index contributed by atoms with van der Waals surface area (Å²) in [4.78, 5) is 28.3. The van der Waals surface area contributed by atoms with E-state index >= 15 is 0 Å². The number of hydrogen-bond acceptors (Lipinski definition) is 6. The normalized spacial score (nSPS) is 10.5. The number of nitrogens with zero attached hydrogens (tertiary/aromatic N) is 1. The van der Waals surface area contributed by atoms with Crippen LogP contribution in [0.15, 0.2) is 47.8 Å². The maximum absolute atomic E-state index is 12.7. The van der Waals surface area contributed by atoms with Gasteiger partial charge in [-0.05, 0) is 48.1 Å². The van der Waals surface area contributed by atoms with Crippen LogP contribution < -0.4 is 25.1 Å². The highest BCUT2D eigenvalue weighted by Gasteiger charge is 2.14. The van der Waals surface area contributed by atoms with Crippen molar-refractivity contribution in [2.45, 2.75) is 13.1 Å². The fraction of sp³-hybridized carbons (Fsp3) is 0.227. The predicted octanol–water partition coefficient (Wildman–Crippen LogP) is 3.20. The van der Waals surface area contributed by atoms with Gasteiger partial charge >= 0.3 is 0 Å². The quantitative estimate of drug-likeness (QED) is 0.412. The number of hydrogen-bond donors (Lipinski definition) is 2. The van der Waals surface area contributed by atoms with Crippen molar-refractivity contribution in [1.82, 2.24) is 14.9 Å². The van der Waals surface area contributed by atoms with Crippen molar-refractivity contribution in [2.75, 3.05) is 21.3 Å². The van der Waals surface area contributed by atoms with Crippen LogP contribution in [-0.4, -0.2) is 36.8 Å². The van der Waals surface area contributed by atoms with Gasteiger partial charge in [0.1, 0.15) is 0 Å². The number of nitrogens with one attached hydrogen (secondary N) is 2. The third-order valence-electron chi connectivity index (χ3n) is 4.73. The van der Waals surface area contributed by atoms with E-state index in [2.05, 4.69) is 16.9 Å². The molecule has 1 amide bonds. The monoisotopic (exact) mass is 441 g/mol. The van der Waals surface area contributed by atoms with Crippen molar-refractivity contribution < 1.29 is 19.0 Å². The second-order valence-electron chi connectivity index (χ2n) is 6.61. The van der Waals surface area contributed by atoms with Crippen LogP contribution in [0.2, 0.25) is 0 Å². The van der Waals surface area contributed by atoms with E-state index < -0.39 is 0 Å². The van der Waals surface area contributed by atoms with E-state index in [0.717, 1.165) is 5.56 Å². The molecule has 3 rings (SSSR count). The van der Waals surface area contributed by atoms with Gasteiger partial charge in [-0.15, -0.1) is 6.58 Å². The molecule has 2 N–H and O–H groups in total. The number of methoxy groups -OCH3 is 3. The standard InChI is InChI=1S/C22H23N3O5S/c1-5-8-25-21(27)15-7-6-14(11-16(15)24-22(25)31)20(26)23-12-13-9-17(28-2)19(30-4)18(10-13)29-3/h5-7,9-11H,1,8,12H2,2-4H3,(H,23,26)(H,24,31). The molecule has 0 aliphatic rings. The van der Waals surface area contributed by atoms with Crippen molar-refractivity contribution in [3.8, 4) is 17.2 Å². The van der Waals surface area contributed by atoms with Crippen molar-refractivity contribution >= 4 is 29.0 Å². The molecule has 2 aromatic carbocycles. The first-order valence-electron chi connectivity index (χ1n) is 9.38. The Morgan fingerprint density at radius 3 is 2.42 bits per heavy atom. The molecule has 0 unspecified atom stereocenters. The molecule has 0 atom stereocenters. The van der Waals surface area contributed by atoms with Crippen LogP contribution in [0.5, 0.6) is 17.2 Å². The van der Waals surface area contributed by atoms with Crippen LogP contribution in [0.3, 0.4) is 0 Å². The molecule has 0 aliphatic heterocycles. The zero-order chi connectivity index (χ0) is 22.5. The molecule has 1 heterocycles. The molecule has 162 valence electrons. The Balaban J connectivity index is 1.86. The fourth-order valence-electron chi connectivity index (χ4n) is 3.21. The van der Waals surface area contributed by atoms with Gasteiger partial charge < -0.3 is 24.5 Å². The minimum Gasteiger partial charge on any atom is -0.493 e. The number of ether oxygens (including phenoxy) is 3. The number of aromatic nitrogens is 2. The summed E-state index contributed by atoms with van der Waals surface area (Å²) in [7, 11) is 4.59. The molecule has 0 spiro atoms. The highest BCUT2D eigenvalue weighted by Crippen LogP contribution is 2.38. The average molecular weight is 442 g/mol. The molecule has 0 bridgehead atoms. The number of benzene rings is 2. The number of carbonyl (C=O) groups is 1. The van der Waals surface area contributed by atoms with Gasteiger partial charge in [0.15, 0.2) is 16.3 Å². The molecule has 0 saturated heterocycles. The summed E-state index contributed by atoms with van der Waals surface area (Å²) in [5.41, 5.74) is 1.43. The van der Waals surface area contributed by atoms with E-state index in [1.807, 2.05) is 0 Å². The summed E-state index contributed by atoms with van der Waals surface area (Å²) < 4.78 is 17.7. The van der Waals surface area contributed by atoms with Gasteiger partial charge in [-0.25, -0.2) is 0 Å². The number of H-pyrrole nitrogens is 1. The van der Waals surface area contributed by atoms with Gasteiger partial charge in [0.05, 0.1) is 32.2 Å². The summed E-state index contributed by atoms with van der Waals surface area (Å²) in [5.74, 6) is 1.18. The van der Waals surface area contributed by atoms with E-state index in [-0.39, 0.29) is 22.8 Å². The molecule has 0 saturated carbocycles. The second-order valence-corrected chi connectivity index (χ2v) is 7.00. The lowest BCUT2D eigenvalue weighted by molar-refractivity contribution is 0.0951. The maximum Gasteiger partial charge on any atom is 0.262 e. The molecular weight excluding hydrogens is 418 g/mol. The largest absolute Gasteiger partial charge is 0.493 e. The van der Waals surface area contributed by atoms with Gasteiger partial charge in [0.2, 0.25) is 5.75 Å². The molecule has 3 aromatic rings.